The predicted molar refractivity (Wildman–Crippen MR) is 64.1 cm³/mol. The minimum Gasteiger partial charge on any atom is -0.394 e. The van der Waals surface area contributed by atoms with Crippen molar-refractivity contribution in [3.63, 3.8) is 0 Å². The number of aliphatic hydroxyl groups is 1. The van der Waals surface area contributed by atoms with Gasteiger partial charge in [0, 0.05) is 12.5 Å². The highest BCUT2D eigenvalue weighted by Crippen LogP contribution is 2.04. The molecule has 0 aliphatic carbocycles. The lowest BCUT2D eigenvalue weighted by molar-refractivity contribution is -0.122. The van der Waals surface area contributed by atoms with Crippen LogP contribution in [0.25, 0.3) is 0 Å². The van der Waals surface area contributed by atoms with E-state index in [-0.39, 0.29) is 18.6 Å². The van der Waals surface area contributed by atoms with E-state index in [4.69, 9.17) is 5.11 Å². The van der Waals surface area contributed by atoms with Crippen molar-refractivity contribution in [1.82, 2.24) is 5.32 Å². The zero-order chi connectivity index (χ0) is 11.8. The van der Waals surface area contributed by atoms with Gasteiger partial charge in [-0.15, -0.1) is 0 Å². The van der Waals surface area contributed by atoms with Gasteiger partial charge in [0.2, 0.25) is 5.91 Å². The molecule has 16 heavy (non-hydrogen) atoms. The Morgan fingerprint density at radius 3 is 2.69 bits per heavy atom. The van der Waals surface area contributed by atoms with Gasteiger partial charge in [0.25, 0.3) is 0 Å². The summed E-state index contributed by atoms with van der Waals surface area (Å²) < 4.78 is 0. The van der Waals surface area contributed by atoms with Gasteiger partial charge in [-0.3, -0.25) is 4.79 Å². The molecule has 1 rings (SSSR count). The number of hydrogen-bond acceptors (Lipinski definition) is 2. The first-order chi connectivity index (χ1) is 7.72. The van der Waals surface area contributed by atoms with E-state index in [1.165, 1.54) is 5.56 Å². The normalized spacial score (nSPS) is 12.1. The van der Waals surface area contributed by atoms with Crippen molar-refractivity contribution in [3.05, 3.63) is 35.9 Å². The molecule has 1 aromatic rings. The van der Waals surface area contributed by atoms with Crippen molar-refractivity contribution < 1.29 is 9.90 Å². The molecular weight excluding hydrogens is 202 g/mol. The third-order valence-electron chi connectivity index (χ3n) is 2.39. The van der Waals surface area contributed by atoms with E-state index < -0.39 is 0 Å². The van der Waals surface area contributed by atoms with Crippen LogP contribution in [0.5, 0.6) is 0 Å². The molecule has 3 heteroatoms. The van der Waals surface area contributed by atoms with Gasteiger partial charge in [0.05, 0.1) is 6.61 Å². The summed E-state index contributed by atoms with van der Waals surface area (Å²) in [5.41, 5.74) is 1.26. The van der Waals surface area contributed by atoms with Crippen LogP contribution in [0.2, 0.25) is 0 Å². The van der Waals surface area contributed by atoms with Gasteiger partial charge in [-0.1, -0.05) is 30.3 Å². The van der Waals surface area contributed by atoms with Crippen LogP contribution >= 0.6 is 0 Å². The lowest BCUT2D eigenvalue weighted by Crippen LogP contribution is -2.34. The van der Waals surface area contributed by atoms with Crippen LogP contribution in [0.1, 0.15) is 25.3 Å². The van der Waals surface area contributed by atoms with E-state index in [2.05, 4.69) is 17.4 Å². The van der Waals surface area contributed by atoms with Crippen molar-refractivity contribution >= 4 is 5.91 Å². The maximum Gasteiger partial charge on any atom is 0.220 e. The average Bonchev–Trinajstić information content (AvgIpc) is 2.30. The van der Waals surface area contributed by atoms with Gasteiger partial charge < -0.3 is 10.4 Å². The lowest BCUT2D eigenvalue weighted by atomic mass is 10.1. The molecule has 0 saturated heterocycles. The Labute approximate surface area is 96.5 Å². The summed E-state index contributed by atoms with van der Waals surface area (Å²) in [5, 5.41) is 11.5. The van der Waals surface area contributed by atoms with E-state index in [0.717, 1.165) is 12.8 Å². The van der Waals surface area contributed by atoms with Crippen LogP contribution in [-0.2, 0) is 11.2 Å². The molecule has 0 bridgehead atoms. The number of carbonyl (C=O) groups is 1. The Kier molecular flexibility index (Phi) is 5.57. The zero-order valence-corrected chi connectivity index (χ0v) is 9.65. The van der Waals surface area contributed by atoms with Crippen molar-refractivity contribution in [1.29, 1.82) is 0 Å². The first-order valence-electron chi connectivity index (χ1n) is 5.66. The molecular formula is C13H19NO2. The van der Waals surface area contributed by atoms with Crippen LogP contribution in [-0.4, -0.2) is 23.7 Å². The summed E-state index contributed by atoms with van der Waals surface area (Å²) >= 11 is 0. The van der Waals surface area contributed by atoms with Crippen LogP contribution in [0, 0.1) is 0 Å². The molecule has 0 aliphatic heterocycles. The monoisotopic (exact) mass is 221 g/mol. The Bertz CT molecular complexity index is 311. The summed E-state index contributed by atoms with van der Waals surface area (Å²) in [7, 11) is 0. The number of amides is 1. The fourth-order valence-electron chi connectivity index (χ4n) is 1.49. The Balaban J connectivity index is 2.18. The maximum atomic E-state index is 11.4. The number of benzene rings is 1. The predicted octanol–water partition coefficient (Wildman–Crippen LogP) is 1.51. The first-order valence-corrected chi connectivity index (χ1v) is 5.66. The number of rotatable bonds is 6. The van der Waals surface area contributed by atoms with Gasteiger partial charge in [-0.25, -0.2) is 0 Å². The number of carbonyl (C=O) groups excluding carboxylic acids is 1. The van der Waals surface area contributed by atoms with Crippen LogP contribution in [0.4, 0.5) is 0 Å². The lowest BCUT2D eigenvalue weighted by Gasteiger charge is -2.10. The highest BCUT2D eigenvalue weighted by molar-refractivity contribution is 5.76. The van der Waals surface area contributed by atoms with E-state index in [0.29, 0.717) is 6.42 Å². The second kappa shape index (κ2) is 7.01. The SMILES string of the molecule is C[C@@H](CO)NC(=O)CCCc1ccccc1. The molecule has 2 N–H and O–H groups in total. The minimum atomic E-state index is -0.149. The molecule has 0 aliphatic rings. The van der Waals surface area contributed by atoms with Crippen molar-refractivity contribution in [2.24, 2.45) is 0 Å². The largest absolute Gasteiger partial charge is 0.394 e. The second-order valence-electron chi connectivity index (χ2n) is 3.99. The summed E-state index contributed by atoms with van der Waals surface area (Å²) in [5.74, 6) is 0.0116. The van der Waals surface area contributed by atoms with Gasteiger partial charge in [-0.2, -0.15) is 0 Å². The fraction of sp³-hybridized carbons (Fsp3) is 0.462. The molecule has 0 heterocycles. The minimum absolute atomic E-state index is 0.00950. The average molecular weight is 221 g/mol. The molecule has 1 amide bonds. The standard InChI is InChI=1S/C13H19NO2/c1-11(10-15)14-13(16)9-5-8-12-6-3-2-4-7-12/h2-4,6-7,11,15H,5,8-10H2,1H3,(H,14,16)/t11-/m0/s1. The molecule has 1 aromatic carbocycles. The molecule has 3 nitrogen and oxygen atoms in total. The van der Waals surface area contributed by atoms with E-state index in [9.17, 15) is 4.79 Å². The molecule has 0 unspecified atom stereocenters. The van der Waals surface area contributed by atoms with Crippen molar-refractivity contribution in [2.45, 2.75) is 32.2 Å². The molecule has 0 aromatic heterocycles. The Morgan fingerprint density at radius 1 is 1.38 bits per heavy atom. The smallest absolute Gasteiger partial charge is 0.220 e. The third kappa shape index (κ3) is 4.94. The summed E-state index contributed by atoms with van der Waals surface area (Å²) in [4.78, 5) is 11.4. The summed E-state index contributed by atoms with van der Waals surface area (Å²) in [6.45, 7) is 1.78. The van der Waals surface area contributed by atoms with Gasteiger partial charge >= 0.3 is 0 Å². The second-order valence-corrected chi connectivity index (χ2v) is 3.99. The van der Waals surface area contributed by atoms with Crippen molar-refractivity contribution in [3.8, 4) is 0 Å². The Morgan fingerprint density at radius 2 is 2.06 bits per heavy atom. The van der Waals surface area contributed by atoms with Gasteiger partial charge in [0.15, 0.2) is 0 Å². The zero-order valence-electron chi connectivity index (χ0n) is 9.65. The van der Waals surface area contributed by atoms with Gasteiger partial charge in [0.1, 0.15) is 0 Å². The Hall–Kier alpha value is -1.35. The van der Waals surface area contributed by atoms with E-state index in [1.807, 2.05) is 18.2 Å². The number of aryl methyl sites for hydroxylation is 1. The number of aliphatic hydroxyl groups excluding tert-OH is 1. The number of nitrogens with one attached hydrogen (secondary N) is 1. The fourth-order valence-corrected chi connectivity index (χ4v) is 1.49. The van der Waals surface area contributed by atoms with E-state index in [1.54, 1.807) is 6.92 Å². The van der Waals surface area contributed by atoms with Crippen LogP contribution in [0.15, 0.2) is 30.3 Å². The number of hydrogen-bond donors (Lipinski definition) is 2. The molecule has 88 valence electrons. The van der Waals surface area contributed by atoms with Crippen molar-refractivity contribution in [2.75, 3.05) is 6.61 Å². The van der Waals surface area contributed by atoms with Crippen LogP contribution in [0.3, 0.4) is 0 Å². The van der Waals surface area contributed by atoms with Crippen LogP contribution < -0.4 is 5.32 Å². The summed E-state index contributed by atoms with van der Waals surface area (Å²) in [6, 6.07) is 9.97. The van der Waals surface area contributed by atoms with E-state index >= 15 is 0 Å². The summed E-state index contributed by atoms with van der Waals surface area (Å²) in [6.07, 6.45) is 2.27. The maximum absolute atomic E-state index is 11.4. The molecule has 0 radical (unpaired) electrons. The molecule has 0 fully saturated rings. The third-order valence-corrected chi connectivity index (χ3v) is 2.39. The van der Waals surface area contributed by atoms with Gasteiger partial charge in [-0.05, 0) is 25.3 Å². The molecule has 0 spiro atoms. The highest BCUT2D eigenvalue weighted by atomic mass is 16.3. The quantitative estimate of drug-likeness (QED) is 0.765. The molecule has 1 atom stereocenters. The molecule has 0 saturated carbocycles. The topological polar surface area (TPSA) is 49.3 Å². The highest BCUT2D eigenvalue weighted by Gasteiger charge is 2.05. The first kappa shape index (κ1) is 12.7.